The second kappa shape index (κ2) is 4.57. The van der Waals surface area contributed by atoms with E-state index in [9.17, 15) is 13.2 Å². The van der Waals surface area contributed by atoms with E-state index in [1.807, 2.05) is 0 Å². The third-order valence-corrected chi connectivity index (χ3v) is 3.40. The van der Waals surface area contributed by atoms with E-state index in [-0.39, 0.29) is 12.3 Å². The van der Waals surface area contributed by atoms with Gasteiger partial charge in [-0.25, -0.2) is 18.2 Å². The number of aromatic nitrogens is 1. The van der Waals surface area contributed by atoms with Crippen LogP contribution >= 0.6 is 0 Å². The quantitative estimate of drug-likeness (QED) is 0.836. The lowest BCUT2D eigenvalue weighted by Crippen LogP contribution is -2.19. The van der Waals surface area contributed by atoms with Gasteiger partial charge in [-0.3, -0.25) is 4.98 Å². The Morgan fingerprint density at radius 3 is 2.78 bits per heavy atom. The van der Waals surface area contributed by atoms with Crippen LogP contribution in [-0.4, -0.2) is 36.1 Å². The molecule has 2 rings (SSSR count). The van der Waals surface area contributed by atoms with Gasteiger partial charge in [0.1, 0.15) is 12.4 Å². The molecule has 8 heteroatoms. The molecule has 0 spiro atoms. The first-order chi connectivity index (χ1) is 8.49. The Morgan fingerprint density at radius 1 is 1.44 bits per heavy atom. The van der Waals surface area contributed by atoms with Gasteiger partial charge in [-0.05, 0) is 12.1 Å². The van der Waals surface area contributed by atoms with Crippen molar-refractivity contribution in [3.05, 3.63) is 35.6 Å². The lowest BCUT2D eigenvalue weighted by Gasteiger charge is -2.02. The molecule has 1 aromatic rings. The van der Waals surface area contributed by atoms with Crippen LogP contribution in [0, 0.1) is 0 Å². The van der Waals surface area contributed by atoms with Crippen molar-refractivity contribution in [3.8, 4) is 5.75 Å². The highest BCUT2D eigenvalue weighted by Gasteiger charge is 2.31. The Morgan fingerprint density at radius 2 is 2.22 bits per heavy atom. The molecule has 1 aliphatic rings. The van der Waals surface area contributed by atoms with Crippen molar-refractivity contribution in [2.75, 3.05) is 6.61 Å². The number of carbonyl (C=O) groups is 1. The maximum atomic E-state index is 11.4. The smallest absolute Gasteiger partial charge is 0.366 e. The number of aliphatic carboxylic acids is 1. The van der Waals surface area contributed by atoms with Gasteiger partial charge < -0.3 is 9.84 Å². The number of rotatable bonds is 4. The molecule has 2 heterocycles. The Bertz CT molecular complexity index is 633. The molecule has 0 saturated carbocycles. The first kappa shape index (κ1) is 12.2. The SMILES string of the molecule is O=C(O)C1=NC(COc2cccnc2)=CS1(=O)=O. The highest BCUT2D eigenvalue weighted by molar-refractivity contribution is 8.11. The molecule has 1 aliphatic heterocycles. The Balaban J connectivity index is 2.11. The van der Waals surface area contributed by atoms with Crippen LogP contribution in [0.5, 0.6) is 5.75 Å². The van der Waals surface area contributed by atoms with Gasteiger partial charge in [0.05, 0.1) is 17.3 Å². The summed E-state index contributed by atoms with van der Waals surface area (Å²) >= 11 is 0. The first-order valence-electron chi connectivity index (χ1n) is 4.79. The molecule has 0 bridgehead atoms. The van der Waals surface area contributed by atoms with Gasteiger partial charge >= 0.3 is 5.97 Å². The van der Waals surface area contributed by atoms with E-state index >= 15 is 0 Å². The zero-order valence-electron chi connectivity index (χ0n) is 8.98. The summed E-state index contributed by atoms with van der Waals surface area (Å²) in [6.45, 7) is -0.137. The maximum absolute atomic E-state index is 11.4. The second-order valence-corrected chi connectivity index (χ2v) is 5.07. The van der Waals surface area contributed by atoms with E-state index in [1.165, 1.54) is 6.20 Å². The number of hydrogen-bond acceptors (Lipinski definition) is 6. The predicted molar refractivity (Wildman–Crippen MR) is 61.8 cm³/mol. The molecule has 0 aromatic carbocycles. The van der Waals surface area contributed by atoms with Crippen LogP contribution in [0.25, 0.3) is 0 Å². The van der Waals surface area contributed by atoms with Crippen molar-refractivity contribution >= 4 is 20.9 Å². The largest absolute Gasteiger partial charge is 0.486 e. The van der Waals surface area contributed by atoms with Crippen molar-refractivity contribution in [2.24, 2.45) is 4.99 Å². The van der Waals surface area contributed by atoms with Gasteiger partial charge in [-0.15, -0.1) is 0 Å². The molecule has 18 heavy (non-hydrogen) atoms. The lowest BCUT2D eigenvalue weighted by molar-refractivity contribution is -0.129. The van der Waals surface area contributed by atoms with Crippen LogP contribution < -0.4 is 4.74 Å². The third kappa shape index (κ3) is 2.54. The molecule has 0 atom stereocenters. The van der Waals surface area contributed by atoms with Crippen LogP contribution in [0.1, 0.15) is 0 Å². The Labute approximate surface area is 102 Å². The highest BCUT2D eigenvalue weighted by Crippen LogP contribution is 2.16. The van der Waals surface area contributed by atoms with Gasteiger partial charge in [-0.1, -0.05) is 0 Å². The zero-order valence-corrected chi connectivity index (χ0v) is 9.79. The van der Waals surface area contributed by atoms with E-state index in [0.717, 1.165) is 5.41 Å². The fraction of sp³-hybridized carbons (Fsp3) is 0.100. The van der Waals surface area contributed by atoms with Crippen LogP contribution in [0.3, 0.4) is 0 Å². The van der Waals surface area contributed by atoms with Crippen molar-refractivity contribution in [1.29, 1.82) is 0 Å². The minimum absolute atomic E-state index is 0.0382. The number of nitrogens with zero attached hydrogens (tertiary/aromatic N) is 2. The molecule has 1 aromatic heterocycles. The van der Waals surface area contributed by atoms with E-state index in [2.05, 4.69) is 9.98 Å². The van der Waals surface area contributed by atoms with Crippen molar-refractivity contribution in [1.82, 2.24) is 4.98 Å². The average Bonchev–Trinajstić information content (AvgIpc) is 2.63. The van der Waals surface area contributed by atoms with E-state index in [4.69, 9.17) is 9.84 Å². The molecular formula is C10H8N2O5S. The fourth-order valence-corrected chi connectivity index (χ4v) is 2.36. The number of ether oxygens (including phenoxy) is 1. The first-order valence-corrected chi connectivity index (χ1v) is 6.34. The highest BCUT2D eigenvalue weighted by atomic mass is 32.2. The van der Waals surface area contributed by atoms with Crippen LogP contribution in [0.2, 0.25) is 0 Å². The molecule has 0 fully saturated rings. The van der Waals surface area contributed by atoms with E-state index in [1.54, 1.807) is 18.3 Å². The molecule has 0 radical (unpaired) electrons. The summed E-state index contributed by atoms with van der Waals surface area (Å²) in [6, 6.07) is 3.29. The van der Waals surface area contributed by atoms with Gasteiger partial charge in [-0.2, -0.15) is 0 Å². The number of carboxylic acids is 1. The number of sulfone groups is 1. The van der Waals surface area contributed by atoms with Crippen molar-refractivity contribution < 1.29 is 23.1 Å². The van der Waals surface area contributed by atoms with Gasteiger partial charge in [0.25, 0.3) is 0 Å². The summed E-state index contributed by atoms with van der Waals surface area (Å²) in [7, 11) is -3.95. The molecule has 0 unspecified atom stereocenters. The number of pyridine rings is 1. The molecular weight excluding hydrogens is 260 g/mol. The number of aliphatic imine (C=N–C) groups is 1. The van der Waals surface area contributed by atoms with E-state index in [0.29, 0.717) is 5.75 Å². The molecule has 0 aliphatic carbocycles. The zero-order chi connectivity index (χ0) is 13.2. The molecule has 0 saturated heterocycles. The van der Waals surface area contributed by atoms with Gasteiger partial charge in [0.15, 0.2) is 0 Å². The summed E-state index contributed by atoms with van der Waals surface area (Å²) in [5.41, 5.74) is 0.0382. The third-order valence-electron chi connectivity index (χ3n) is 2.01. The van der Waals surface area contributed by atoms with Gasteiger partial charge in [0.2, 0.25) is 14.9 Å². The van der Waals surface area contributed by atoms with Crippen LogP contribution in [0.15, 0.2) is 40.6 Å². The summed E-state index contributed by atoms with van der Waals surface area (Å²) in [6.07, 6.45) is 3.01. The van der Waals surface area contributed by atoms with E-state index < -0.39 is 20.9 Å². The summed E-state index contributed by atoms with van der Waals surface area (Å²) in [5, 5.41) is 8.56. The fourth-order valence-electron chi connectivity index (χ4n) is 1.28. The normalized spacial score (nSPS) is 16.9. The summed E-state index contributed by atoms with van der Waals surface area (Å²) < 4.78 is 28.0. The summed E-state index contributed by atoms with van der Waals surface area (Å²) in [5.74, 6) is -1.14. The molecule has 7 nitrogen and oxygen atoms in total. The van der Waals surface area contributed by atoms with Crippen LogP contribution in [0.4, 0.5) is 0 Å². The standard InChI is InChI=1S/C10H8N2O5S/c13-10(14)9-12-7(6-18(9,15)16)5-17-8-2-1-3-11-4-8/h1-4,6H,5H2,(H,13,14). The lowest BCUT2D eigenvalue weighted by atomic mass is 10.4. The number of hydrogen-bond donors (Lipinski definition) is 1. The monoisotopic (exact) mass is 268 g/mol. The molecule has 1 N–H and O–H groups in total. The predicted octanol–water partition coefficient (Wildman–Crippen LogP) is 0.213. The van der Waals surface area contributed by atoms with Gasteiger partial charge in [0, 0.05) is 6.20 Å². The average molecular weight is 268 g/mol. The second-order valence-electron chi connectivity index (χ2n) is 3.35. The molecule has 94 valence electrons. The molecule has 0 amide bonds. The topological polar surface area (TPSA) is 106 Å². The van der Waals surface area contributed by atoms with Crippen molar-refractivity contribution in [2.45, 2.75) is 0 Å². The van der Waals surface area contributed by atoms with Crippen molar-refractivity contribution in [3.63, 3.8) is 0 Å². The minimum Gasteiger partial charge on any atom is -0.486 e. The minimum atomic E-state index is -3.95. The Hall–Kier alpha value is -2.22. The van der Waals surface area contributed by atoms with Crippen LogP contribution in [-0.2, 0) is 14.6 Å². The number of carboxylic acid groups (broad SMARTS) is 1. The maximum Gasteiger partial charge on any atom is 0.366 e. The Kier molecular flexibility index (Phi) is 3.11. The summed E-state index contributed by atoms with van der Waals surface area (Å²) in [4.78, 5) is 18.0.